The molecule has 9 heteroatoms. The van der Waals surface area contributed by atoms with E-state index in [1.54, 1.807) is 18.5 Å². The molecule has 0 spiro atoms. The molecule has 0 fully saturated rings. The lowest BCUT2D eigenvalue weighted by Crippen LogP contribution is -2.23. The number of hydrogen-bond acceptors (Lipinski definition) is 8. The van der Waals surface area contributed by atoms with E-state index in [0.29, 0.717) is 29.9 Å². The fraction of sp³-hybridized carbons (Fsp3) is 0.158. The van der Waals surface area contributed by atoms with Crippen LogP contribution in [-0.2, 0) is 17.8 Å². The molecule has 0 unspecified atom stereocenters. The van der Waals surface area contributed by atoms with Crippen LogP contribution in [0.3, 0.4) is 0 Å². The van der Waals surface area contributed by atoms with Gasteiger partial charge in [-0.15, -0.1) is 0 Å². The third kappa shape index (κ3) is 4.26. The third-order valence-corrected chi connectivity index (χ3v) is 3.89. The second-order valence-corrected chi connectivity index (χ2v) is 5.91. The Hall–Kier alpha value is -3.88. The van der Waals surface area contributed by atoms with Crippen LogP contribution in [0.25, 0.3) is 22.8 Å². The molecule has 140 valence electrons. The van der Waals surface area contributed by atoms with Crippen LogP contribution in [0.2, 0.25) is 0 Å². The monoisotopic (exact) mass is 376 g/mol. The number of aryl methyl sites for hydroxylation is 1. The van der Waals surface area contributed by atoms with Gasteiger partial charge in [0.1, 0.15) is 0 Å². The van der Waals surface area contributed by atoms with Crippen molar-refractivity contribution in [3.8, 4) is 22.8 Å². The molecule has 4 rings (SSSR count). The van der Waals surface area contributed by atoms with E-state index in [9.17, 15) is 4.79 Å². The standard InChI is InChI=1S/C19H16N6O3/c26-15(8-9-16-22-18(24-27-16)13-5-2-1-3-6-13)21-12-17-23-19(25-28-17)14-7-4-10-20-11-14/h1-7,10-11H,8-9,12H2,(H,21,26). The van der Waals surface area contributed by atoms with Gasteiger partial charge in [-0.05, 0) is 12.1 Å². The van der Waals surface area contributed by atoms with Crippen LogP contribution >= 0.6 is 0 Å². The fourth-order valence-corrected chi connectivity index (χ4v) is 2.48. The predicted molar refractivity (Wildman–Crippen MR) is 97.4 cm³/mol. The first kappa shape index (κ1) is 17.5. The molecule has 28 heavy (non-hydrogen) atoms. The number of hydrogen-bond donors (Lipinski definition) is 1. The van der Waals surface area contributed by atoms with E-state index in [4.69, 9.17) is 9.05 Å². The highest BCUT2D eigenvalue weighted by atomic mass is 16.5. The molecule has 1 aromatic carbocycles. The number of nitrogens with one attached hydrogen (secondary N) is 1. The molecule has 0 atom stereocenters. The van der Waals surface area contributed by atoms with Gasteiger partial charge in [-0.25, -0.2) is 0 Å². The van der Waals surface area contributed by atoms with Gasteiger partial charge in [0.25, 0.3) is 0 Å². The minimum absolute atomic E-state index is 0.144. The molecule has 0 saturated heterocycles. The zero-order valence-electron chi connectivity index (χ0n) is 14.8. The summed E-state index contributed by atoms with van der Waals surface area (Å²) in [6.07, 6.45) is 3.86. The molecule has 0 bridgehead atoms. The van der Waals surface area contributed by atoms with Crippen LogP contribution in [-0.4, -0.2) is 31.2 Å². The van der Waals surface area contributed by atoms with Crippen molar-refractivity contribution in [1.82, 2.24) is 30.6 Å². The smallest absolute Gasteiger partial charge is 0.246 e. The zero-order valence-corrected chi connectivity index (χ0v) is 14.8. The highest BCUT2D eigenvalue weighted by Crippen LogP contribution is 2.15. The second kappa shape index (κ2) is 8.21. The van der Waals surface area contributed by atoms with Crippen molar-refractivity contribution in [3.05, 3.63) is 66.6 Å². The van der Waals surface area contributed by atoms with Crippen LogP contribution in [0.4, 0.5) is 0 Å². The van der Waals surface area contributed by atoms with Gasteiger partial charge in [-0.3, -0.25) is 9.78 Å². The van der Waals surface area contributed by atoms with Crippen molar-refractivity contribution in [1.29, 1.82) is 0 Å². The van der Waals surface area contributed by atoms with E-state index in [1.165, 1.54) is 0 Å². The Balaban J connectivity index is 1.26. The molecule has 1 N–H and O–H groups in total. The number of benzene rings is 1. The third-order valence-electron chi connectivity index (χ3n) is 3.89. The molecule has 4 aromatic rings. The summed E-state index contributed by atoms with van der Waals surface area (Å²) in [4.78, 5) is 24.6. The number of amides is 1. The summed E-state index contributed by atoms with van der Waals surface area (Å²) in [5.74, 6) is 1.48. The summed E-state index contributed by atoms with van der Waals surface area (Å²) in [6.45, 7) is 0.144. The zero-order chi connectivity index (χ0) is 19.2. The van der Waals surface area contributed by atoms with E-state index in [2.05, 4.69) is 30.6 Å². The van der Waals surface area contributed by atoms with Crippen molar-refractivity contribution in [2.24, 2.45) is 0 Å². The number of rotatable bonds is 7. The molecule has 0 aliphatic heterocycles. The van der Waals surface area contributed by atoms with E-state index in [1.807, 2.05) is 36.4 Å². The minimum atomic E-state index is -0.180. The number of pyridine rings is 1. The Morgan fingerprint density at radius 3 is 2.39 bits per heavy atom. The maximum absolute atomic E-state index is 12.0. The maximum Gasteiger partial charge on any atom is 0.246 e. The number of carbonyl (C=O) groups excluding carboxylic acids is 1. The topological polar surface area (TPSA) is 120 Å². The number of nitrogens with zero attached hydrogens (tertiary/aromatic N) is 5. The summed E-state index contributed by atoms with van der Waals surface area (Å²) in [6, 6.07) is 13.1. The lowest BCUT2D eigenvalue weighted by atomic mass is 10.2. The van der Waals surface area contributed by atoms with Gasteiger partial charge in [0.15, 0.2) is 0 Å². The Kier molecular flexibility index (Phi) is 5.14. The first-order chi connectivity index (χ1) is 13.8. The van der Waals surface area contributed by atoms with Gasteiger partial charge in [0, 0.05) is 36.4 Å². The normalized spacial score (nSPS) is 10.7. The molecule has 0 aliphatic carbocycles. The van der Waals surface area contributed by atoms with E-state index >= 15 is 0 Å². The maximum atomic E-state index is 12.0. The van der Waals surface area contributed by atoms with Crippen LogP contribution in [0.5, 0.6) is 0 Å². The molecule has 3 aromatic heterocycles. The molecule has 0 radical (unpaired) electrons. The Morgan fingerprint density at radius 1 is 0.893 bits per heavy atom. The molecular weight excluding hydrogens is 360 g/mol. The first-order valence-electron chi connectivity index (χ1n) is 8.65. The van der Waals surface area contributed by atoms with Crippen molar-refractivity contribution in [2.75, 3.05) is 0 Å². The van der Waals surface area contributed by atoms with E-state index in [0.717, 1.165) is 11.1 Å². The van der Waals surface area contributed by atoms with E-state index in [-0.39, 0.29) is 18.9 Å². The molecule has 3 heterocycles. The summed E-state index contributed by atoms with van der Waals surface area (Å²) in [5, 5.41) is 10.5. The Morgan fingerprint density at radius 2 is 1.61 bits per heavy atom. The predicted octanol–water partition coefficient (Wildman–Crippen LogP) is 2.43. The van der Waals surface area contributed by atoms with Crippen molar-refractivity contribution >= 4 is 5.91 Å². The average molecular weight is 376 g/mol. The fourth-order valence-electron chi connectivity index (χ4n) is 2.48. The van der Waals surface area contributed by atoms with Crippen molar-refractivity contribution in [2.45, 2.75) is 19.4 Å². The lowest BCUT2D eigenvalue weighted by Gasteiger charge is -1.99. The second-order valence-electron chi connectivity index (χ2n) is 5.91. The van der Waals surface area contributed by atoms with Crippen LogP contribution in [0.1, 0.15) is 18.2 Å². The van der Waals surface area contributed by atoms with Crippen LogP contribution in [0, 0.1) is 0 Å². The van der Waals surface area contributed by atoms with Gasteiger partial charge in [-0.2, -0.15) is 9.97 Å². The Bertz CT molecular complexity index is 962. The van der Waals surface area contributed by atoms with Crippen LogP contribution in [0.15, 0.2) is 63.9 Å². The number of aromatic nitrogens is 5. The van der Waals surface area contributed by atoms with E-state index < -0.39 is 0 Å². The largest absolute Gasteiger partial charge is 0.347 e. The molecule has 1 amide bonds. The van der Waals surface area contributed by atoms with Crippen LogP contribution < -0.4 is 5.32 Å². The minimum Gasteiger partial charge on any atom is -0.347 e. The van der Waals surface area contributed by atoms with Crippen molar-refractivity contribution in [3.63, 3.8) is 0 Å². The summed E-state index contributed by atoms with van der Waals surface area (Å²) in [5.41, 5.74) is 1.61. The quantitative estimate of drug-likeness (QED) is 0.522. The van der Waals surface area contributed by atoms with Crippen molar-refractivity contribution < 1.29 is 13.8 Å². The first-order valence-corrected chi connectivity index (χ1v) is 8.65. The summed E-state index contributed by atoms with van der Waals surface area (Å²) in [7, 11) is 0. The van der Waals surface area contributed by atoms with Gasteiger partial charge in [-0.1, -0.05) is 40.6 Å². The lowest BCUT2D eigenvalue weighted by molar-refractivity contribution is -0.121. The molecular formula is C19H16N6O3. The van der Waals surface area contributed by atoms with Gasteiger partial charge >= 0.3 is 0 Å². The summed E-state index contributed by atoms with van der Waals surface area (Å²) >= 11 is 0. The molecule has 9 nitrogen and oxygen atoms in total. The highest BCUT2D eigenvalue weighted by molar-refractivity contribution is 5.75. The molecule has 0 aliphatic rings. The SMILES string of the molecule is O=C(CCc1nc(-c2ccccc2)no1)NCc1nc(-c2cccnc2)no1. The van der Waals surface area contributed by atoms with Gasteiger partial charge in [0.2, 0.25) is 29.3 Å². The van der Waals surface area contributed by atoms with Gasteiger partial charge < -0.3 is 14.4 Å². The highest BCUT2D eigenvalue weighted by Gasteiger charge is 2.12. The number of carbonyl (C=O) groups is 1. The molecule has 0 saturated carbocycles. The average Bonchev–Trinajstić information content (AvgIpc) is 3.42. The summed E-state index contributed by atoms with van der Waals surface area (Å²) < 4.78 is 10.3. The van der Waals surface area contributed by atoms with Gasteiger partial charge in [0.05, 0.1) is 6.54 Å². The Labute approximate surface area is 159 Å².